The SMILES string of the molecule is O=C(Cn1c(=O)oc2cc([N+](=O)[O-])ccc21)Nc1ccc([N+](=O)[O-])cc1Cl. The smallest absolute Gasteiger partial charge is 0.407 e. The highest BCUT2D eigenvalue weighted by atomic mass is 35.5. The Balaban J connectivity index is 1.84. The van der Waals surface area contributed by atoms with Gasteiger partial charge in [0.15, 0.2) is 5.58 Å². The number of oxazole rings is 1. The first kappa shape index (κ1) is 18.1. The predicted molar refractivity (Wildman–Crippen MR) is 93.9 cm³/mol. The van der Waals surface area contributed by atoms with E-state index in [1.807, 2.05) is 0 Å². The molecule has 2 aromatic carbocycles. The van der Waals surface area contributed by atoms with Gasteiger partial charge in [-0.25, -0.2) is 4.79 Å². The highest BCUT2D eigenvalue weighted by molar-refractivity contribution is 6.33. The van der Waals surface area contributed by atoms with E-state index in [-0.39, 0.29) is 33.2 Å². The van der Waals surface area contributed by atoms with Crippen molar-refractivity contribution in [1.29, 1.82) is 0 Å². The van der Waals surface area contributed by atoms with E-state index in [4.69, 9.17) is 16.0 Å². The molecule has 1 heterocycles. The van der Waals surface area contributed by atoms with Gasteiger partial charge in [0.2, 0.25) is 5.91 Å². The monoisotopic (exact) mass is 392 g/mol. The van der Waals surface area contributed by atoms with Crippen LogP contribution in [0.15, 0.2) is 45.6 Å². The molecule has 0 aliphatic rings. The fraction of sp³-hybridized carbons (Fsp3) is 0.0667. The van der Waals surface area contributed by atoms with Crippen LogP contribution in [0.3, 0.4) is 0 Å². The first-order valence-corrected chi connectivity index (χ1v) is 7.65. The van der Waals surface area contributed by atoms with Gasteiger partial charge < -0.3 is 9.73 Å². The third-order valence-corrected chi connectivity index (χ3v) is 3.91. The number of hydrogen-bond donors (Lipinski definition) is 1. The van der Waals surface area contributed by atoms with Crippen LogP contribution in [0.4, 0.5) is 17.1 Å². The van der Waals surface area contributed by atoms with Crippen LogP contribution < -0.4 is 11.1 Å². The summed E-state index contributed by atoms with van der Waals surface area (Å²) >= 11 is 5.90. The summed E-state index contributed by atoms with van der Waals surface area (Å²) in [5.41, 5.74) is -0.197. The molecule has 1 N–H and O–H groups in total. The topological polar surface area (TPSA) is 151 Å². The number of anilines is 1. The second kappa shape index (κ2) is 6.88. The molecule has 0 saturated carbocycles. The van der Waals surface area contributed by atoms with Crippen molar-refractivity contribution >= 4 is 45.7 Å². The molecule has 138 valence electrons. The summed E-state index contributed by atoms with van der Waals surface area (Å²) in [5.74, 6) is -1.51. The summed E-state index contributed by atoms with van der Waals surface area (Å²) in [7, 11) is 0. The molecule has 0 spiro atoms. The van der Waals surface area contributed by atoms with Gasteiger partial charge in [0.1, 0.15) is 6.54 Å². The maximum absolute atomic E-state index is 12.2. The summed E-state index contributed by atoms with van der Waals surface area (Å²) in [4.78, 5) is 44.3. The van der Waals surface area contributed by atoms with Crippen molar-refractivity contribution < 1.29 is 19.1 Å². The molecule has 11 nitrogen and oxygen atoms in total. The lowest BCUT2D eigenvalue weighted by molar-refractivity contribution is -0.385. The van der Waals surface area contributed by atoms with Crippen LogP contribution in [-0.2, 0) is 11.3 Å². The van der Waals surface area contributed by atoms with Crippen molar-refractivity contribution in [1.82, 2.24) is 4.57 Å². The highest BCUT2D eigenvalue weighted by Crippen LogP contribution is 2.26. The zero-order valence-corrected chi connectivity index (χ0v) is 14.0. The Hall–Kier alpha value is -3.73. The van der Waals surface area contributed by atoms with Gasteiger partial charge in [-0.05, 0) is 12.1 Å². The number of nitrogens with zero attached hydrogens (tertiary/aromatic N) is 3. The third kappa shape index (κ3) is 3.62. The first-order chi connectivity index (χ1) is 12.8. The number of hydrogen-bond acceptors (Lipinski definition) is 7. The molecule has 3 rings (SSSR count). The number of benzene rings is 2. The molecule has 0 atom stereocenters. The lowest BCUT2D eigenvalue weighted by Crippen LogP contribution is -2.24. The zero-order chi connectivity index (χ0) is 19.7. The van der Waals surface area contributed by atoms with E-state index < -0.39 is 28.1 Å². The Morgan fingerprint density at radius 3 is 2.37 bits per heavy atom. The Labute approximate surface area is 154 Å². The van der Waals surface area contributed by atoms with Crippen LogP contribution in [0.25, 0.3) is 11.1 Å². The first-order valence-electron chi connectivity index (χ1n) is 7.28. The fourth-order valence-corrected chi connectivity index (χ4v) is 2.59. The molecule has 1 amide bonds. The van der Waals surface area contributed by atoms with Crippen LogP contribution in [0.2, 0.25) is 5.02 Å². The molecule has 0 saturated heterocycles. The third-order valence-electron chi connectivity index (χ3n) is 3.60. The highest BCUT2D eigenvalue weighted by Gasteiger charge is 2.17. The molecule has 0 bridgehead atoms. The van der Waals surface area contributed by atoms with Gasteiger partial charge in [-0.3, -0.25) is 29.6 Å². The average molecular weight is 393 g/mol. The number of nitrogens with one attached hydrogen (secondary N) is 1. The summed E-state index contributed by atoms with van der Waals surface area (Å²) in [6.45, 7) is -0.447. The largest absolute Gasteiger partial charge is 0.420 e. The average Bonchev–Trinajstić information content (AvgIpc) is 2.91. The van der Waals surface area contributed by atoms with Crippen LogP contribution in [-0.4, -0.2) is 20.3 Å². The summed E-state index contributed by atoms with van der Waals surface area (Å²) in [6, 6.07) is 7.06. The standard InChI is InChI=1S/C15H9ClN4O7/c16-10-5-8(19(23)24)1-3-11(10)17-14(21)7-18-12-4-2-9(20(25)26)6-13(12)27-15(18)22/h1-6H,7H2,(H,17,21). The van der Waals surface area contributed by atoms with E-state index in [0.29, 0.717) is 0 Å². The number of nitro groups is 2. The van der Waals surface area contributed by atoms with Crippen molar-refractivity contribution in [2.45, 2.75) is 6.54 Å². The molecule has 0 aliphatic carbocycles. The van der Waals surface area contributed by atoms with Gasteiger partial charge >= 0.3 is 5.76 Å². The number of carbonyl (C=O) groups is 1. The quantitative estimate of drug-likeness (QED) is 0.517. The van der Waals surface area contributed by atoms with E-state index in [0.717, 1.165) is 16.7 Å². The molecule has 0 fully saturated rings. The molecule has 1 aromatic heterocycles. The maximum atomic E-state index is 12.2. The zero-order valence-electron chi connectivity index (χ0n) is 13.2. The van der Waals surface area contributed by atoms with E-state index in [1.54, 1.807) is 0 Å². The van der Waals surface area contributed by atoms with E-state index >= 15 is 0 Å². The summed E-state index contributed by atoms with van der Waals surface area (Å²) in [6.07, 6.45) is 0. The normalized spacial score (nSPS) is 10.7. The van der Waals surface area contributed by atoms with E-state index in [1.165, 1.54) is 24.3 Å². The van der Waals surface area contributed by atoms with Gasteiger partial charge in [0.05, 0.1) is 32.1 Å². The summed E-state index contributed by atoms with van der Waals surface area (Å²) < 4.78 is 5.92. The number of aromatic nitrogens is 1. The van der Waals surface area contributed by atoms with Crippen molar-refractivity contribution in [3.63, 3.8) is 0 Å². The minimum absolute atomic E-state index is 0.0321. The molecule has 0 aliphatic heterocycles. The second-order valence-corrected chi connectivity index (χ2v) is 5.74. The number of fused-ring (bicyclic) bond motifs is 1. The minimum Gasteiger partial charge on any atom is -0.407 e. The minimum atomic E-state index is -0.865. The maximum Gasteiger partial charge on any atom is 0.420 e. The van der Waals surface area contributed by atoms with Gasteiger partial charge in [0, 0.05) is 18.2 Å². The molecule has 0 unspecified atom stereocenters. The number of halogens is 1. The number of rotatable bonds is 5. The van der Waals surface area contributed by atoms with Crippen LogP contribution in [0, 0.1) is 20.2 Å². The Morgan fingerprint density at radius 2 is 1.74 bits per heavy atom. The van der Waals surface area contributed by atoms with Gasteiger partial charge in [-0.2, -0.15) is 0 Å². The van der Waals surface area contributed by atoms with Crippen LogP contribution >= 0.6 is 11.6 Å². The predicted octanol–water partition coefficient (Wildman–Crippen LogP) is 2.70. The lowest BCUT2D eigenvalue weighted by Gasteiger charge is -2.07. The molecule has 3 aromatic rings. The molecule has 12 heteroatoms. The number of nitro benzene ring substituents is 2. The molecule has 0 radical (unpaired) electrons. The van der Waals surface area contributed by atoms with Crippen LogP contribution in [0.5, 0.6) is 0 Å². The molecule has 27 heavy (non-hydrogen) atoms. The van der Waals surface area contributed by atoms with Crippen molar-refractivity contribution in [3.05, 3.63) is 72.2 Å². The fourth-order valence-electron chi connectivity index (χ4n) is 2.37. The number of carbonyl (C=O) groups excluding carboxylic acids is 1. The molecular formula is C15H9ClN4O7. The van der Waals surface area contributed by atoms with Crippen molar-refractivity contribution in [3.8, 4) is 0 Å². The molecular weight excluding hydrogens is 384 g/mol. The van der Waals surface area contributed by atoms with Crippen LogP contribution in [0.1, 0.15) is 0 Å². The number of non-ortho nitro benzene ring substituents is 2. The van der Waals surface area contributed by atoms with E-state index in [2.05, 4.69) is 5.32 Å². The van der Waals surface area contributed by atoms with E-state index in [9.17, 15) is 29.8 Å². The number of amides is 1. The Morgan fingerprint density at radius 1 is 1.11 bits per heavy atom. The van der Waals surface area contributed by atoms with Crippen molar-refractivity contribution in [2.24, 2.45) is 0 Å². The van der Waals surface area contributed by atoms with Gasteiger partial charge in [-0.15, -0.1) is 0 Å². The Kier molecular flexibility index (Phi) is 4.60. The Bertz CT molecular complexity index is 1150. The lowest BCUT2D eigenvalue weighted by atomic mass is 10.2. The van der Waals surface area contributed by atoms with Gasteiger partial charge in [0.25, 0.3) is 11.4 Å². The van der Waals surface area contributed by atoms with Crippen molar-refractivity contribution in [2.75, 3.05) is 5.32 Å². The second-order valence-electron chi connectivity index (χ2n) is 5.33. The summed E-state index contributed by atoms with van der Waals surface area (Å²) in [5, 5.41) is 23.9. The van der Waals surface area contributed by atoms with Gasteiger partial charge in [-0.1, -0.05) is 11.6 Å².